The van der Waals surface area contributed by atoms with Gasteiger partial charge in [-0.05, 0) is 25.0 Å². The Morgan fingerprint density at radius 2 is 2.25 bits per heavy atom. The minimum absolute atomic E-state index is 0.177. The summed E-state index contributed by atoms with van der Waals surface area (Å²) >= 11 is 0. The Hall–Kier alpha value is -1.71. The number of imidazole rings is 1. The summed E-state index contributed by atoms with van der Waals surface area (Å²) < 4.78 is 1.88. The van der Waals surface area contributed by atoms with Crippen LogP contribution in [0, 0.1) is 0 Å². The van der Waals surface area contributed by atoms with Crippen LogP contribution >= 0.6 is 0 Å². The van der Waals surface area contributed by atoms with Gasteiger partial charge >= 0.3 is 0 Å². The summed E-state index contributed by atoms with van der Waals surface area (Å²) in [5, 5.41) is 9.64. The van der Waals surface area contributed by atoms with Crippen LogP contribution in [0.5, 0.6) is 5.75 Å². The minimum atomic E-state index is 0.177. The Morgan fingerprint density at radius 1 is 1.44 bits per heavy atom. The van der Waals surface area contributed by atoms with E-state index in [0.717, 1.165) is 18.5 Å². The lowest BCUT2D eigenvalue weighted by molar-refractivity contribution is 0.477. The highest BCUT2D eigenvalue weighted by Gasteiger charge is 2.11. The molecule has 0 amide bonds. The number of pyridine rings is 1. The molecular formula is C12H17N3O. The molecule has 2 aromatic rings. The normalized spacial score (nSPS) is 11.1. The van der Waals surface area contributed by atoms with Gasteiger partial charge in [-0.3, -0.25) is 4.40 Å². The zero-order valence-corrected chi connectivity index (χ0v) is 9.48. The highest BCUT2D eigenvalue weighted by molar-refractivity contribution is 5.59. The quantitative estimate of drug-likeness (QED) is 0.776. The second-order valence-electron chi connectivity index (χ2n) is 3.99. The molecule has 0 saturated heterocycles. The van der Waals surface area contributed by atoms with Crippen LogP contribution in [-0.2, 0) is 6.42 Å². The van der Waals surface area contributed by atoms with Gasteiger partial charge in [-0.2, -0.15) is 0 Å². The molecule has 0 fully saturated rings. The lowest BCUT2D eigenvalue weighted by atomic mass is 10.1. The van der Waals surface area contributed by atoms with Crippen molar-refractivity contribution in [3.8, 4) is 5.75 Å². The first kappa shape index (κ1) is 10.8. The standard InChI is InChI=1S/C12H17N3O/c1-2-3-4-6-9-11(13)14-12-10(16)7-5-8-15(9)12/h5,7-8,16H,2-4,6,13H2,1H3. The fourth-order valence-electron chi connectivity index (χ4n) is 1.91. The molecule has 2 heterocycles. The summed E-state index contributed by atoms with van der Waals surface area (Å²) in [5.74, 6) is 0.702. The van der Waals surface area contributed by atoms with E-state index >= 15 is 0 Å². The summed E-state index contributed by atoms with van der Waals surface area (Å²) in [5.41, 5.74) is 7.41. The van der Waals surface area contributed by atoms with Gasteiger partial charge in [0.25, 0.3) is 0 Å². The van der Waals surface area contributed by atoms with Crippen LogP contribution in [0.1, 0.15) is 31.9 Å². The molecule has 0 aliphatic rings. The first-order valence-electron chi connectivity index (χ1n) is 5.68. The Kier molecular flexibility index (Phi) is 2.99. The number of hydrogen-bond donors (Lipinski definition) is 2. The fourth-order valence-corrected chi connectivity index (χ4v) is 1.91. The van der Waals surface area contributed by atoms with Crippen molar-refractivity contribution in [1.82, 2.24) is 9.38 Å². The third kappa shape index (κ3) is 1.83. The Bertz CT molecular complexity index is 490. The highest BCUT2D eigenvalue weighted by atomic mass is 16.3. The maximum atomic E-state index is 9.64. The number of fused-ring (bicyclic) bond motifs is 1. The van der Waals surface area contributed by atoms with Crippen LogP contribution in [0.3, 0.4) is 0 Å². The van der Waals surface area contributed by atoms with E-state index < -0.39 is 0 Å². The zero-order valence-electron chi connectivity index (χ0n) is 9.48. The topological polar surface area (TPSA) is 63.5 Å². The summed E-state index contributed by atoms with van der Waals surface area (Å²) in [6.07, 6.45) is 6.27. The summed E-state index contributed by atoms with van der Waals surface area (Å²) in [7, 11) is 0. The monoisotopic (exact) mass is 219 g/mol. The van der Waals surface area contributed by atoms with Crippen molar-refractivity contribution >= 4 is 11.5 Å². The van der Waals surface area contributed by atoms with Crippen molar-refractivity contribution < 1.29 is 5.11 Å². The fraction of sp³-hybridized carbons (Fsp3) is 0.417. The zero-order chi connectivity index (χ0) is 11.5. The third-order valence-electron chi connectivity index (χ3n) is 2.78. The van der Waals surface area contributed by atoms with E-state index in [1.807, 2.05) is 10.6 Å². The van der Waals surface area contributed by atoms with Gasteiger partial charge in [-0.15, -0.1) is 0 Å². The molecule has 0 aliphatic heterocycles. The van der Waals surface area contributed by atoms with Crippen molar-refractivity contribution in [2.45, 2.75) is 32.6 Å². The molecule has 4 heteroatoms. The molecule has 3 N–H and O–H groups in total. The Labute approximate surface area is 94.7 Å². The minimum Gasteiger partial charge on any atom is -0.504 e. The maximum absolute atomic E-state index is 9.64. The summed E-state index contributed by atoms with van der Waals surface area (Å²) in [6, 6.07) is 3.42. The maximum Gasteiger partial charge on any atom is 0.181 e. The van der Waals surface area contributed by atoms with Gasteiger partial charge in [0.2, 0.25) is 0 Å². The molecule has 86 valence electrons. The van der Waals surface area contributed by atoms with Crippen molar-refractivity contribution in [1.29, 1.82) is 0 Å². The van der Waals surface area contributed by atoms with Crippen LogP contribution in [0.15, 0.2) is 18.3 Å². The van der Waals surface area contributed by atoms with Crippen LogP contribution in [0.25, 0.3) is 5.65 Å². The van der Waals surface area contributed by atoms with Crippen LogP contribution in [0.4, 0.5) is 5.82 Å². The van der Waals surface area contributed by atoms with Crippen LogP contribution in [0.2, 0.25) is 0 Å². The van der Waals surface area contributed by atoms with Gasteiger partial charge in [0.15, 0.2) is 11.4 Å². The van der Waals surface area contributed by atoms with Crippen molar-refractivity contribution in [3.05, 3.63) is 24.0 Å². The lowest BCUT2D eigenvalue weighted by Crippen LogP contribution is -1.97. The van der Waals surface area contributed by atoms with Crippen LogP contribution in [-0.4, -0.2) is 14.5 Å². The van der Waals surface area contributed by atoms with Gasteiger partial charge < -0.3 is 10.8 Å². The molecule has 0 aromatic carbocycles. The molecule has 4 nitrogen and oxygen atoms in total. The SMILES string of the molecule is CCCCCc1c(N)nc2c(O)cccn12. The van der Waals surface area contributed by atoms with Gasteiger partial charge in [0.1, 0.15) is 5.82 Å². The molecule has 0 bridgehead atoms. The van der Waals surface area contributed by atoms with Crippen molar-refractivity contribution in [2.24, 2.45) is 0 Å². The van der Waals surface area contributed by atoms with E-state index in [9.17, 15) is 5.11 Å². The van der Waals surface area contributed by atoms with Gasteiger partial charge in [-0.1, -0.05) is 19.8 Å². The highest BCUT2D eigenvalue weighted by Crippen LogP contribution is 2.23. The molecule has 0 unspecified atom stereocenters. The van der Waals surface area contributed by atoms with E-state index in [-0.39, 0.29) is 5.75 Å². The number of aromatic nitrogens is 2. The van der Waals surface area contributed by atoms with E-state index in [1.54, 1.807) is 12.1 Å². The predicted octanol–water partition coefficient (Wildman–Crippen LogP) is 2.35. The molecule has 16 heavy (non-hydrogen) atoms. The molecule has 0 saturated carbocycles. The molecule has 2 aromatic heterocycles. The van der Waals surface area contributed by atoms with Gasteiger partial charge in [-0.25, -0.2) is 4.98 Å². The average molecular weight is 219 g/mol. The molecule has 0 aliphatic carbocycles. The van der Waals surface area contributed by atoms with Gasteiger partial charge in [0, 0.05) is 6.20 Å². The number of nitrogen functional groups attached to an aromatic ring is 1. The van der Waals surface area contributed by atoms with Crippen molar-refractivity contribution in [2.75, 3.05) is 5.73 Å². The summed E-state index contributed by atoms with van der Waals surface area (Å²) in [4.78, 5) is 4.18. The summed E-state index contributed by atoms with van der Waals surface area (Å²) in [6.45, 7) is 2.17. The average Bonchev–Trinajstić information content (AvgIpc) is 2.58. The number of nitrogens with two attached hydrogens (primary N) is 1. The first-order chi connectivity index (χ1) is 7.74. The Morgan fingerprint density at radius 3 is 3.00 bits per heavy atom. The smallest absolute Gasteiger partial charge is 0.181 e. The van der Waals surface area contributed by atoms with Crippen LogP contribution < -0.4 is 5.73 Å². The third-order valence-corrected chi connectivity index (χ3v) is 2.78. The molecule has 0 radical (unpaired) electrons. The largest absolute Gasteiger partial charge is 0.504 e. The number of aromatic hydroxyl groups is 1. The van der Waals surface area contributed by atoms with Crippen molar-refractivity contribution in [3.63, 3.8) is 0 Å². The number of nitrogens with zero attached hydrogens (tertiary/aromatic N) is 2. The van der Waals surface area contributed by atoms with Gasteiger partial charge in [0.05, 0.1) is 5.69 Å². The van der Waals surface area contributed by atoms with E-state index in [1.165, 1.54) is 12.8 Å². The van der Waals surface area contributed by atoms with E-state index in [0.29, 0.717) is 11.5 Å². The molecular weight excluding hydrogens is 202 g/mol. The molecule has 0 spiro atoms. The van der Waals surface area contributed by atoms with E-state index in [2.05, 4.69) is 11.9 Å². The number of unbranched alkanes of at least 4 members (excludes halogenated alkanes) is 2. The number of anilines is 1. The number of rotatable bonds is 4. The second kappa shape index (κ2) is 4.43. The predicted molar refractivity (Wildman–Crippen MR) is 64.5 cm³/mol. The number of aryl methyl sites for hydroxylation is 1. The second-order valence-corrected chi connectivity index (χ2v) is 3.99. The Balaban J connectivity index is 2.36. The molecule has 0 atom stereocenters. The first-order valence-corrected chi connectivity index (χ1v) is 5.68. The van der Waals surface area contributed by atoms with E-state index in [4.69, 9.17) is 5.73 Å². The number of hydrogen-bond acceptors (Lipinski definition) is 3. The lowest BCUT2D eigenvalue weighted by Gasteiger charge is -2.02. The molecule has 2 rings (SSSR count).